The van der Waals surface area contributed by atoms with Crippen LogP contribution in [0, 0.1) is 0 Å². The zero-order valence-electron chi connectivity index (χ0n) is 21.1. The molecule has 1 heterocycles. The van der Waals surface area contributed by atoms with Crippen molar-refractivity contribution in [2.45, 2.75) is 128 Å². The maximum Gasteiger partial charge on any atom is 0.166 e. The van der Waals surface area contributed by atoms with E-state index < -0.39 is 11.8 Å². The molecule has 0 amide bonds. The summed E-state index contributed by atoms with van der Waals surface area (Å²) in [5, 5.41) is 10.7. The van der Waals surface area contributed by atoms with Crippen molar-refractivity contribution in [1.82, 2.24) is 0 Å². The molecular weight excluding hydrogens is 390 g/mol. The molecule has 0 radical (unpaired) electrons. The predicted octanol–water partition coefficient (Wildman–Crippen LogP) is 5.21. The molecule has 184 valence electrons. The molecule has 1 aliphatic rings. The van der Waals surface area contributed by atoms with Crippen LogP contribution < -0.4 is 5.11 Å². The van der Waals surface area contributed by atoms with E-state index in [0.717, 1.165) is 17.6 Å². The van der Waals surface area contributed by atoms with Crippen LogP contribution in [-0.2, 0) is 14.3 Å². The van der Waals surface area contributed by atoms with Crippen molar-refractivity contribution in [3.8, 4) is 0 Å². The van der Waals surface area contributed by atoms with Crippen LogP contribution in [-0.4, -0.2) is 56.1 Å². The minimum Gasteiger partial charge on any atom is -0.550 e. The number of carbonyl (C=O) groups excluding carboxylic acids is 1. The summed E-state index contributed by atoms with van der Waals surface area (Å²) < 4.78 is 12.7. The number of rotatable bonds is 20. The van der Waals surface area contributed by atoms with Gasteiger partial charge in [-0.15, -0.1) is 0 Å². The summed E-state index contributed by atoms with van der Waals surface area (Å²) in [6.45, 7) is 6.71. The van der Waals surface area contributed by atoms with Gasteiger partial charge in [0.1, 0.15) is 12.6 Å². The third-order valence-electron chi connectivity index (χ3n) is 6.59. The van der Waals surface area contributed by atoms with Gasteiger partial charge < -0.3 is 23.9 Å². The Labute approximate surface area is 192 Å². The first kappa shape index (κ1) is 28.4. The van der Waals surface area contributed by atoms with Gasteiger partial charge in [0.2, 0.25) is 0 Å². The number of likely N-dealkylation sites (N-methyl/N-ethyl adjacent to an activating group) is 1. The molecule has 5 heteroatoms. The third kappa shape index (κ3) is 14.9. The van der Waals surface area contributed by atoms with Crippen LogP contribution in [0.5, 0.6) is 0 Å². The van der Waals surface area contributed by atoms with E-state index in [1.807, 2.05) is 6.92 Å². The van der Waals surface area contributed by atoms with E-state index in [1.165, 1.54) is 89.9 Å². The molecule has 0 saturated carbocycles. The Bertz CT molecular complexity index is 468. The van der Waals surface area contributed by atoms with Gasteiger partial charge in [-0.05, 0) is 26.2 Å². The molecular formula is C26H51NO4. The lowest BCUT2D eigenvalue weighted by Gasteiger charge is -2.32. The molecule has 5 nitrogen and oxygen atoms in total. The largest absolute Gasteiger partial charge is 0.550 e. The van der Waals surface area contributed by atoms with Gasteiger partial charge in [0, 0.05) is 12.4 Å². The number of carboxylic acids is 1. The summed E-state index contributed by atoms with van der Waals surface area (Å²) in [6, 6.07) is 0. The molecule has 0 bridgehead atoms. The fourth-order valence-electron chi connectivity index (χ4n) is 4.62. The summed E-state index contributed by atoms with van der Waals surface area (Å²) >= 11 is 0. The minimum atomic E-state index is -1.05. The predicted molar refractivity (Wildman–Crippen MR) is 126 cm³/mol. The highest BCUT2D eigenvalue weighted by atomic mass is 16.7. The lowest BCUT2D eigenvalue weighted by Crippen LogP contribution is -2.47. The summed E-state index contributed by atoms with van der Waals surface area (Å²) in [5.74, 6) is -1.83. The molecule has 0 aromatic carbocycles. The Balaban J connectivity index is 1.98. The lowest BCUT2D eigenvalue weighted by atomic mass is 10.0. The smallest absolute Gasteiger partial charge is 0.166 e. The highest BCUT2D eigenvalue weighted by Gasteiger charge is 2.39. The molecule has 0 aromatic rings. The number of carboxylic acid groups (broad SMARTS) is 1. The van der Waals surface area contributed by atoms with Crippen LogP contribution in [0.3, 0.4) is 0 Å². The second-order valence-electron chi connectivity index (χ2n) is 10.5. The average molecular weight is 442 g/mol. The van der Waals surface area contributed by atoms with E-state index in [1.54, 1.807) is 0 Å². The van der Waals surface area contributed by atoms with Crippen molar-refractivity contribution in [1.29, 1.82) is 0 Å². The standard InChI is InChI=1S/C26H51NO4/c1-5-6-7-8-9-10-11-12-13-14-15-16-17-18-21-27(3,4)22-24-23-30-26(2,31-24)20-19-25(28)29/h24H,5-23H2,1-4H3. The number of hydrogen-bond acceptors (Lipinski definition) is 4. The van der Waals surface area contributed by atoms with Crippen molar-refractivity contribution in [2.24, 2.45) is 0 Å². The number of quaternary nitrogens is 1. The molecule has 1 aliphatic heterocycles. The van der Waals surface area contributed by atoms with Gasteiger partial charge in [0.05, 0.1) is 27.2 Å². The molecule has 1 fully saturated rings. The number of carbonyl (C=O) groups is 1. The van der Waals surface area contributed by atoms with Crippen LogP contribution in [0.1, 0.15) is 117 Å². The number of unbranched alkanes of at least 4 members (excludes halogenated alkanes) is 13. The van der Waals surface area contributed by atoms with Crippen molar-refractivity contribution in [3.63, 3.8) is 0 Å². The molecule has 2 unspecified atom stereocenters. The molecule has 31 heavy (non-hydrogen) atoms. The fourth-order valence-corrected chi connectivity index (χ4v) is 4.62. The van der Waals surface area contributed by atoms with Crippen LogP contribution in [0.4, 0.5) is 0 Å². The summed E-state index contributed by atoms with van der Waals surface area (Å²) in [5.41, 5.74) is 0. The van der Waals surface area contributed by atoms with E-state index in [9.17, 15) is 9.90 Å². The second-order valence-corrected chi connectivity index (χ2v) is 10.5. The van der Waals surface area contributed by atoms with Gasteiger partial charge in [0.25, 0.3) is 0 Å². The van der Waals surface area contributed by atoms with Crippen molar-refractivity contribution in [2.75, 3.05) is 33.8 Å². The summed E-state index contributed by atoms with van der Waals surface area (Å²) in [7, 11) is 4.50. The fraction of sp³-hybridized carbons (Fsp3) is 0.962. The average Bonchev–Trinajstić information content (AvgIpc) is 3.07. The third-order valence-corrected chi connectivity index (χ3v) is 6.59. The molecule has 0 N–H and O–H groups in total. The first-order valence-electron chi connectivity index (χ1n) is 13.1. The lowest BCUT2D eigenvalue weighted by molar-refractivity contribution is -0.893. The molecule has 0 aliphatic carbocycles. The molecule has 2 atom stereocenters. The normalized spacial score (nSPS) is 21.6. The van der Waals surface area contributed by atoms with Gasteiger partial charge >= 0.3 is 0 Å². The summed E-state index contributed by atoms with van der Waals surface area (Å²) in [4.78, 5) is 10.7. The van der Waals surface area contributed by atoms with E-state index >= 15 is 0 Å². The van der Waals surface area contributed by atoms with Gasteiger partial charge in [-0.1, -0.05) is 84.0 Å². The minimum absolute atomic E-state index is 0.0273. The Morgan fingerprint density at radius 2 is 1.39 bits per heavy atom. The highest BCUT2D eigenvalue weighted by molar-refractivity contribution is 5.64. The summed E-state index contributed by atoms with van der Waals surface area (Å²) in [6.07, 6.45) is 19.8. The van der Waals surface area contributed by atoms with Crippen LogP contribution in [0.2, 0.25) is 0 Å². The Kier molecular flexibility index (Phi) is 14.7. The zero-order chi connectivity index (χ0) is 23.0. The monoisotopic (exact) mass is 441 g/mol. The van der Waals surface area contributed by atoms with Gasteiger partial charge in [-0.25, -0.2) is 0 Å². The molecule has 0 spiro atoms. The number of hydrogen-bond donors (Lipinski definition) is 0. The van der Waals surface area contributed by atoms with Crippen LogP contribution >= 0.6 is 0 Å². The number of aliphatic carboxylic acids is 1. The molecule has 0 aromatic heterocycles. The van der Waals surface area contributed by atoms with E-state index in [2.05, 4.69) is 21.0 Å². The van der Waals surface area contributed by atoms with Gasteiger partial charge in [-0.3, -0.25) is 0 Å². The van der Waals surface area contributed by atoms with Gasteiger partial charge in [-0.2, -0.15) is 0 Å². The van der Waals surface area contributed by atoms with Crippen molar-refractivity contribution >= 4 is 5.97 Å². The molecule has 1 saturated heterocycles. The first-order chi connectivity index (χ1) is 14.8. The second kappa shape index (κ2) is 16.0. The topological polar surface area (TPSA) is 58.6 Å². The van der Waals surface area contributed by atoms with E-state index in [4.69, 9.17) is 9.47 Å². The highest BCUT2D eigenvalue weighted by Crippen LogP contribution is 2.29. The first-order valence-corrected chi connectivity index (χ1v) is 13.1. The van der Waals surface area contributed by atoms with E-state index in [0.29, 0.717) is 13.0 Å². The zero-order valence-corrected chi connectivity index (χ0v) is 21.1. The Morgan fingerprint density at radius 1 is 0.903 bits per heavy atom. The quantitative estimate of drug-likeness (QED) is 0.192. The van der Waals surface area contributed by atoms with Crippen molar-refractivity contribution in [3.05, 3.63) is 0 Å². The number of ether oxygens (including phenoxy) is 2. The van der Waals surface area contributed by atoms with Crippen molar-refractivity contribution < 1.29 is 23.9 Å². The van der Waals surface area contributed by atoms with Crippen LogP contribution in [0.25, 0.3) is 0 Å². The maximum atomic E-state index is 10.7. The SMILES string of the molecule is CCCCCCCCCCCCCCCC[N+](C)(C)CC1COC(C)(CCC(=O)[O-])O1. The number of nitrogens with zero attached hydrogens (tertiary/aromatic N) is 1. The maximum absolute atomic E-state index is 10.7. The Hall–Kier alpha value is -0.650. The van der Waals surface area contributed by atoms with Gasteiger partial charge in [0.15, 0.2) is 5.79 Å². The van der Waals surface area contributed by atoms with E-state index in [-0.39, 0.29) is 12.5 Å². The Morgan fingerprint density at radius 3 is 1.87 bits per heavy atom. The molecule has 1 rings (SSSR count). The van der Waals surface area contributed by atoms with Crippen LogP contribution in [0.15, 0.2) is 0 Å².